The Balaban J connectivity index is 2.43. The molecular formula is C12H8Br3ClS. The van der Waals surface area contributed by atoms with Gasteiger partial charge < -0.3 is 0 Å². The fraction of sp³-hybridized carbons (Fsp3) is 0.167. The SMILES string of the molecule is Cc1cccc(C(Br)c2cc(Br)c(Br)s2)c1Cl. The summed E-state index contributed by atoms with van der Waals surface area (Å²) in [6, 6.07) is 8.21. The first-order valence-electron chi connectivity index (χ1n) is 4.84. The Morgan fingerprint density at radius 1 is 1.29 bits per heavy atom. The first kappa shape index (κ1) is 14.1. The van der Waals surface area contributed by atoms with Gasteiger partial charge in [0.15, 0.2) is 0 Å². The van der Waals surface area contributed by atoms with E-state index < -0.39 is 0 Å². The molecule has 0 nitrogen and oxygen atoms in total. The quantitative estimate of drug-likeness (QED) is 0.438. The van der Waals surface area contributed by atoms with Gasteiger partial charge in [0.1, 0.15) is 0 Å². The van der Waals surface area contributed by atoms with Crippen LogP contribution >= 0.6 is 70.7 Å². The molecule has 0 radical (unpaired) electrons. The maximum Gasteiger partial charge on any atom is 0.0843 e. The van der Waals surface area contributed by atoms with E-state index in [-0.39, 0.29) is 4.83 Å². The molecule has 2 aromatic rings. The van der Waals surface area contributed by atoms with E-state index in [2.05, 4.69) is 59.9 Å². The van der Waals surface area contributed by atoms with Crippen molar-refractivity contribution in [3.05, 3.63) is 53.6 Å². The summed E-state index contributed by atoms with van der Waals surface area (Å²) < 4.78 is 2.17. The van der Waals surface area contributed by atoms with E-state index in [1.807, 2.05) is 19.1 Å². The standard InChI is InChI=1S/C12H8Br3ClS/c1-6-3-2-4-7(11(6)16)10(14)9-5-8(13)12(15)17-9/h2-5,10H,1H3. The Morgan fingerprint density at radius 2 is 2.00 bits per heavy atom. The number of hydrogen-bond donors (Lipinski definition) is 0. The Morgan fingerprint density at radius 3 is 2.59 bits per heavy atom. The molecule has 0 aliphatic rings. The Bertz CT molecular complexity index is 531. The fourth-order valence-electron chi connectivity index (χ4n) is 1.51. The van der Waals surface area contributed by atoms with Crippen LogP contribution in [0.25, 0.3) is 0 Å². The lowest BCUT2D eigenvalue weighted by atomic mass is 10.1. The minimum Gasteiger partial charge on any atom is -0.131 e. The minimum absolute atomic E-state index is 0.127. The molecule has 1 atom stereocenters. The summed E-state index contributed by atoms with van der Waals surface area (Å²) in [5.41, 5.74) is 2.20. The maximum atomic E-state index is 6.34. The van der Waals surface area contributed by atoms with Gasteiger partial charge in [-0.2, -0.15) is 0 Å². The van der Waals surface area contributed by atoms with E-state index in [1.165, 1.54) is 4.88 Å². The van der Waals surface area contributed by atoms with Gasteiger partial charge in [0.05, 0.1) is 8.61 Å². The molecule has 1 aromatic heterocycles. The van der Waals surface area contributed by atoms with Gasteiger partial charge in [0.2, 0.25) is 0 Å². The van der Waals surface area contributed by atoms with Crippen LogP contribution in [-0.2, 0) is 0 Å². The largest absolute Gasteiger partial charge is 0.131 e. The molecule has 0 spiro atoms. The summed E-state index contributed by atoms with van der Waals surface area (Å²) in [6.07, 6.45) is 0. The van der Waals surface area contributed by atoms with E-state index in [4.69, 9.17) is 11.6 Å². The second-order valence-electron chi connectivity index (χ2n) is 3.61. The van der Waals surface area contributed by atoms with Gasteiger partial charge in [0.25, 0.3) is 0 Å². The first-order chi connectivity index (χ1) is 8.00. The van der Waals surface area contributed by atoms with Gasteiger partial charge in [-0.3, -0.25) is 0 Å². The number of aryl methyl sites for hydroxylation is 1. The van der Waals surface area contributed by atoms with Crippen molar-refractivity contribution in [3.63, 3.8) is 0 Å². The highest BCUT2D eigenvalue weighted by Gasteiger charge is 2.18. The molecule has 1 aromatic carbocycles. The average Bonchev–Trinajstić information content (AvgIpc) is 2.62. The second kappa shape index (κ2) is 5.74. The van der Waals surface area contributed by atoms with Crippen molar-refractivity contribution in [2.24, 2.45) is 0 Å². The maximum absolute atomic E-state index is 6.34. The Labute approximate surface area is 135 Å². The number of rotatable bonds is 2. The van der Waals surface area contributed by atoms with E-state index in [9.17, 15) is 0 Å². The molecule has 2 rings (SSSR count). The average molecular weight is 459 g/mol. The Kier molecular flexibility index (Phi) is 4.75. The van der Waals surface area contributed by atoms with Gasteiger partial charge >= 0.3 is 0 Å². The monoisotopic (exact) mass is 456 g/mol. The minimum atomic E-state index is 0.127. The topological polar surface area (TPSA) is 0 Å². The van der Waals surface area contributed by atoms with Crippen LogP contribution in [0.5, 0.6) is 0 Å². The highest BCUT2D eigenvalue weighted by Crippen LogP contribution is 2.43. The van der Waals surface area contributed by atoms with E-state index in [0.717, 1.165) is 24.4 Å². The molecular weight excluding hydrogens is 451 g/mol. The van der Waals surface area contributed by atoms with Crippen LogP contribution < -0.4 is 0 Å². The molecule has 0 bridgehead atoms. The molecule has 0 aliphatic carbocycles. The van der Waals surface area contributed by atoms with Gasteiger partial charge in [0, 0.05) is 14.4 Å². The van der Waals surface area contributed by atoms with Crippen molar-refractivity contribution in [2.75, 3.05) is 0 Å². The lowest BCUT2D eigenvalue weighted by Gasteiger charge is -2.11. The molecule has 5 heteroatoms. The van der Waals surface area contributed by atoms with Crippen LogP contribution in [0.4, 0.5) is 0 Å². The van der Waals surface area contributed by atoms with Gasteiger partial charge in [-0.15, -0.1) is 11.3 Å². The van der Waals surface area contributed by atoms with E-state index >= 15 is 0 Å². The van der Waals surface area contributed by atoms with Crippen LogP contribution in [-0.4, -0.2) is 0 Å². The normalized spacial score (nSPS) is 12.8. The number of thiophene rings is 1. The third-order valence-electron chi connectivity index (χ3n) is 2.41. The van der Waals surface area contributed by atoms with Crippen molar-refractivity contribution in [1.82, 2.24) is 0 Å². The first-order valence-corrected chi connectivity index (χ1v) is 8.54. The molecule has 0 aliphatic heterocycles. The van der Waals surface area contributed by atoms with Crippen LogP contribution in [0.15, 0.2) is 32.5 Å². The smallest absolute Gasteiger partial charge is 0.0843 e. The lowest BCUT2D eigenvalue weighted by Crippen LogP contribution is -1.92. The summed E-state index contributed by atoms with van der Waals surface area (Å²) in [5, 5.41) is 0.829. The van der Waals surface area contributed by atoms with Crippen LogP contribution in [0, 0.1) is 6.92 Å². The molecule has 90 valence electrons. The third-order valence-corrected chi connectivity index (χ3v) is 7.54. The van der Waals surface area contributed by atoms with Crippen molar-refractivity contribution < 1.29 is 0 Å². The zero-order valence-electron chi connectivity index (χ0n) is 8.81. The van der Waals surface area contributed by atoms with E-state index in [0.29, 0.717) is 0 Å². The summed E-state index contributed by atoms with van der Waals surface area (Å²) in [5.74, 6) is 0. The van der Waals surface area contributed by atoms with Crippen LogP contribution in [0.1, 0.15) is 20.8 Å². The van der Waals surface area contributed by atoms with E-state index in [1.54, 1.807) is 11.3 Å². The summed E-state index contributed by atoms with van der Waals surface area (Å²) >= 11 is 18.8. The highest BCUT2D eigenvalue weighted by atomic mass is 79.9. The van der Waals surface area contributed by atoms with Crippen molar-refractivity contribution in [3.8, 4) is 0 Å². The lowest BCUT2D eigenvalue weighted by molar-refractivity contribution is 1.21. The van der Waals surface area contributed by atoms with Crippen LogP contribution in [0.2, 0.25) is 5.02 Å². The molecule has 0 saturated carbocycles. The van der Waals surface area contributed by atoms with Crippen molar-refractivity contribution in [2.45, 2.75) is 11.8 Å². The molecule has 1 unspecified atom stereocenters. The number of benzene rings is 1. The summed E-state index contributed by atoms with van der Waals surface area (Å²) in [4.78, 5) is 1.35. The third kappa shape index (κ3) is 2.98. The fourth-order valence-corrected chi connectivity index (χ4v) is 4.76. The van der Waals surface area contributed by atoms with Gasteiger partial charge in [-0.1, -0.05) is 45.7 Å². The summed E-state index contributed by atoms with van der Waals surface area (Å²) in [6.45, 7) is 2.02. The zero-order valence-corrected chi connectivity index (χ0v) is 15.1. The molecule has 0 fully saturated rings. The Hall–Kier alpha value is 0.650. The number of alkyl halides is 1. The molecule has 1 heterocycles. The highest BCUT2D eigenvalue weighted by molar-refractivity contribution is 9.13. The van der Waals surface area contributed by atoms with Gasteiger partial charge in [-0.05, 0) is 56.0 Å². The number of halogens is 4. The molecule has 0 N–H and O–H groups in total. The van der Waals surface area contributed by atoms with Crippen molar-refractivity contribution >= 4 is 70.7 Å². The summed E-state index contributed by atoms with van der Waals surface area (Å²) in [7, 11) is 0. The molecule has 17 heavy (non-hydrogen) atoms. The predicted octanol–water partition coefficient (Wildman–Crippen LogP) is 6.72. The van der Waals surface area contributed by atoms with Crippen molar-refractivity contribution in [1.29, 1.82) is 0 Å². The predicted molar refractivity (Wildman–Crippen MR) is 86.7 cm³/mol. The van der Waals surface area contributed by atoms with Gasteiger partial charge in [-0.25, -0.2) is 0 Å². The molecule has 0 amide bonds. The molecule has 0 saturated heterocycles. The zero-order chi connectivity index (χ0) is 12.6. The number of hydrogen-bond acceptors (Lipinski definition) is 1. The van der Waals surface area contributed by atoms with Crippen LogP contribution in [0.3, 0.4) is 0 Å². The second-order valence-corrected chi connectivity index (χ2v) is 8.16.